The van der Waals surface area contributed by atoms with E-state index < -0.39 is 6.10 Å². The normalized spacial score (nSPS) is 12.4. The summed E-state index contributed by atoms with van der Waals surface area (Å²) < 4.78 is 10.5. The third-order valence-electron chi connectivity index (χ3n) is 2.60. The topological polar surface area (TPSA) is 64.7 Å². The molecule has 0 aromatic heterocycles. The van der Waals surface area contributed by atoms with Gasteiger partial charge < -0.3 is 20.3 Å². The number of thioether (sulfide) groups is 1. The zero-order valence-electron chi connectivity index (χ0n) is 11.6. The molecule has 1 unspecified atom stereocenters. The fourth-order valence-electron chi connectivity index (χ4n) is 1.47. The molecule has 3 N–H and O–H groups in total. The molecule has 0 bridgehead atoms. The first kappa shape index (κ1) is 16.1. The van der Waals surface area contributed by atoms with Crippen LogP contribution in [0.4, 0.5) is 5.69 Å². The van der Waals surface area contributed by atoms with Crippen molar-refractivity contribution < 1.29 is 14.6 Å². The van der Waals surface area contributed by atoms with E-state index in [0.29, 0.717) is 24.7 Å². The number of benzene rings is 1. The first-order chi connectivity index (χ1) is 9.17. The van der Waals surface area contributed by atoms with E-state index in [1.807, 2.05) is 18.2 Å². The molecule has 0 saturated carbocycles. The second-order valence-electron chi connectivity index (χ2n) is 4.30. The third kappa shape index (κ3) is 6.18. The van der Waals surface area contributed by atoms with E-state index >= 15 is 0 Å². The summed E-state index contributed by atoms with van der Waals surface area (Å²) in [5, 5.41) is 9.81. The Morgan fingerprint density at radius 1 is 1.42 bits per heavy atom. The first-order valence-electron chi connectivity index (χ1n) is 6.49. The Morgan fingerprint density at radius 3 is 2.89 bits per heavy atom. The van der Waals surface area contributed by atoms with Crippen LogP contribution < -0.4 is 10.5 Å². The molecule has 5 heteroatoms. The Morgan fingerprint density at radius 2 is 2.21 bits per heavy atom. The second-order valence-corrected chi connectivity index (χ2v) is 5.36. The monoisotopic (exact) mass is 285 g/mol. The molecule has 0 amide bonds. The average molecular weight is 285 g/mol. The molecule has 0 radical (unpaired) electrons. The maximum Gasteiger partial charge on any atom is 0.120 e. The second kappa shape index (κ2) is 9.07. The zero-order valence-corrected chi connectivity index (χ0v) is 12.4. The maximum atomic E-state index is 9.81. The molecule has 0 aliphatic carbocycles. The number of hydrogen-bond acceptors (Lipinski definition) is 5. The molecule has 0 aliphatic heterocycles. The number of nitrogen functional groups attached to an aromatic ring is 1. The molecule has 0 fully saturated rings. The number of aliphatic hydroxyl groups excluding tert-OH is 1. The Kier molecular flexibility index (Phi) is 7.70. The van der Waals surface area contributed by atoms with Crippen molar-refractivity contribution in [2.24, 2.45) is 0 Å². The number of anilines is 1. The van der Waals surface area contributed by atoms with Crippen molar-refractivity contribution in [3.8, 4) is 5.75 Å². The molecule has 1 aromatic rings. The molecule has 19 heavy (non-hydrogen) atoms. The molecule has 4 nitrogen and oxygen atoms in total. The highest BCUT2D eigenvalue weighted by Crippen LogP contribution is 2.29. The summed E-state index contributed by atoms with van der Waals surface area (Å²) in [5.41, 5.74) is 6.58. The van der Waals surface area contributed by atoms with Gasteiger partial charge in [-0.15, -0.1) is 11.8 Å². The van der Waals surface area contributed by atoms with Crippen molar-refractivity contribution in [1.29, 1.82) is 0 Å². The van der Waals surface area contributed by atoms with E-state index in [-0.39, 0.29) is 0 Å². The number of ether oxygens (including phenoxy) is 2. The summed E-state index contributed by atoms with van der Waals surface area (Å²) in [6, 6.07) is 5.51. The summed E-state index contributed by atoms with van der Waals surface area (Å²) in [4.78, 5) is 0.923. The number of unbranched alkanes of at least 4 members (excludes halogenated alkanes) is 1. The molecule has 1 rings (SSSR count). The fraction of sp³-hybridized carbons (Fsp3) is 0.571. The lowest BCUT2D eigenvalue weighted by Crippen LogP contribution is -2.18. The molecular weight excluding hydrogens is 262 g/mol. The fourth-order valence-corrected chi connectivity index (χ4v) is 2.37. The minimum Gasteiger partial charge on any atom is -0.497 e. The lowest BCUT2D eigenvalue weighted by atomic mass is 10.3. The number of aliphatic hydroxyl groups is 1. The summed E-state index contributed by atoms with van der Waals surface area (Å²) >= 11 is 1.51. The van der Waals surface area contributed by atoms with Gasteiger partial charge >= 0.3 is 0 Å². The van der Waals surface area contributed by atoms with Crippen molar-refractivity contribution in [3.05, 3.63) is 18.2 Å². The summed E-state index contributed by atoms with van der Waals surface area (Å²) in [7, 11) is 1.62. The lowest BCUT2D eigenvalue weighted by molar-refractivity contribution is 0.0473. The molecule has 0 spiro atoms. The third-order valence-corrected chi connectivity index (χ3v) is 3.82. The van der Waals surface area contributed by atoms with E-state index in [4.69, 9.17) is 15.2 Å². The van der Waals surface area contributed by atoms with Crippen LogP contribution in [0.25, 0.3) is 0 Å². The van der Waals surface area contributed by atoms with E-state index in [2.05, 4.69) is 6.92 Å². The standard InChI is InChI=1S/C14H23NO3S/c1-3-4-7-18-9-11(16)10-19-14-8-12(17-2)5-6-13(14)15/h5-6,8,11,16H,3-4,7,9-10,15H2,1-2H3. The van der Waals surface area contributed by atoms with Gasteiger partial charge in [0, 0.05) is 22.9 Å². The van der Waals surface area contributed by atoms with Crippen molar-refractivity contribution in [1.82, 2.24) is 0 Å². The predicted octanol–water partition coefficient (Wildman–Crippen LogP) is 2.55. The van der Waals surface area contributed by atoms with Gasteiger partial charge in [0.1, 0.15) is 5.75 Å². The van der Waals surface area contributed by atoms with Crippen LogP contribution in [0.15, 0.2) is 23.1 Å². The maximum absolute atomic E-state index is 9.81. The van der Waals surface area contributed by atoms with Gasteiger partial charge in [0.2, 0.25) is 0 Å². The first-order valence-corrected chi connectivity index (χ1v) is 7.48. The molecule has 1 atom stereocenters. The minimum absolute atomic E-state index is 0.372. The average Bonchev–Trinajstić information content (AvgIpc) is 2.43. The van der Waals surface area contributed by atoms with Gasteiger partial charge in [0.15, 0.2) is 0 Å². The summed E-state index contributed by atoms with van der Waals surface area (Å²) in [6.07, 6.45) is 1.65. The lowest BCUT2D eigenvalue weighted by Gasteiger charge is -2.12. The molecule has 0 saturated heterocycles. The molecule has 0 heterocycles. The van der Waals surface area contributed by atoms with Crippen LogP contribution in [0.3, 0.4) is 0 Å². The van der Waals surface area contributed by atoms with E-state index in [1.165, 1.54) is 11.8 Å². The van der Waals surface area contributed by atoms with E-state index in [0.717, 1.165) is 23.5 Å². The van der Waals surface area contributed by atoms with Gasteiger partial charge in [0.05, 0.1) is 19.8 Å². The van der Waals surface area contributed by atoms with Crippen LogP contribution in [0.5, 0.6) is 5.75 Å². The zero-order chi connectivity index (χ0) is 14.1. The van der Waals surface area contributed by atoms with Crippen LogP contribution in [-0.4, -0.2) is 37.3 Å². The number of hydrogen-bond donors (Lipinski definition) is 2. The quantitative estimate of drug-likeness (QED) is 0.415. The smallest absolute Gasteiger partial charge is 0.120 e. The summed E-state index contributed by atoms with van der Waals surface area (Å²) in [5.74, 6) is 1.33. The van der Waals surface area contributed by atoms with Gasteiger partial charge in [-0.05, 0) is 24.6 Å². The molecular formula is C14H23NO3S. The van der Waals surface area contributed by atoms with Crippen LogP contribution in [0.1, 0.15) is 19.8 Å². The number of methoxy groups -OCH3 is 1. The van der Waals surface area contributed by atoms with Gasteiger partial charge in [-0.25, -0.2) is 0 Å². The van der Waals surface area contributed by atoms with Crippen molar-refractivity contribution >= 4 is 17.4 Å². The molecule has 1 aromatic carbocycles. The van der Waals surface area contributed by atoms with Crippen molar-refractivity contribution in [2.45, 2.75) is 30.8 Å². The predicted molar refractivity (Wildman–Crippen MR) is 79.9 cm³/mol. The van der Waals surface area contributed by atoms with Gasteiger partial charge in [-0.1, -0.05) is 13.3 Å². The highest BCUT2D eigenvalue weighted by molar-refractivity contribution is 7.99. The molecule has 108 valence electrons. The Labute approximate surface area is 119 Å². The number of rotatable bonds is 9. The highest BCUT2D eigenvalue weighted by atomic mass is 32.2. The van der Waals surface area contributed by atoms with Gasteiger partial charge in [0.25, 0.3) is 0 Å². The largest absolute Gasteiger partial charge is 0.497 e. The van der Waals surface area contributed by atoms with Crippen molar-refractivity contribution in [2.75, 3.05) is 31.8 Å². The van der Waals surface area contributed by atoms with E-state index in [1.54, 1.807) is 7.11 Å². The summed E-state index contributed by atoms with van der Waals surface area (Å²) in [6.45, 7) is 3.19. The SMILES string of the molecule is CCCCOCC(O)CSc1cc(OC)ccc1N. The van der Waals surface area contributed by atoms with Crippen LogP contribution in [0.2, 0.25) is 0 Å². The molecule has 0 aliphatic rings. The van der Waals surface area contributed by atoms with Crippen LogP contribution in [0, 0.1) is 0 Å². The van der Waals surface area contributed by atoms with E-state index in [9.17, 15) is 5.11 Å². The van der Waals surface area contributed by atoms with Gasteiger partial charge in [-0.2, -0.15) is 0 Å². The number of nitrogens with two attached hydrogens (primary N) is 1. The Hall–Kier alpha value is -0.910. The Bertz CT molecular complexity index is 374. The van der Waals surface area contributed by atoms with Gasteiger partial charge in [-0.3, -0.25) is 0 Å². The Balaban J connectivity index is 2.34. The van der Waals surface area contributed by atoms with Crippen LogP contribution >= 0.6 is 11.8 Å². The van der Waals surface area contributed by atoms with Crippen molar-refractivity contribution in [3.63, 3.8) is 0 Å². The highest BCUT2D eigenvalue weighted by Gasteiger charge is 2.08. The van der Waals surface area contributed by atoms with Crippen LogP contribution in [-0.2, 0) is 4.74 Å². The minimum atomic E-state index is -0.479.